The van der Waals surface area contributed by atoms with Crippen molar-refractivity contribution in [2.45, 2.75) is 19.3 Å². The van der Waals surface area contributed by atoms with Gasteiger partial charge in [-0.25, -0.2) is 0 Å². The van der Waals surface area contributed by atoms with Gasteiger partial charge >= 0.3 is 0 Å². The van der Waals surface area contributed by atoms with Crippen LogP contribution in [0.1, 0.15) is 18.1 Å². The van der Waals surface area contributed by atoms with Gasteiger partial charge in [-0.1, -0.05) is 55.0 Å². The minimum absolute atomic E-state index is 0.406. The van der Waals surface area contributed by atoms with Crippen LogP contribution in [-0.4, -0.2) is 31.1 Å². The lowest BCUT2D eigenvalue weighted by Gasteiger charge is -2.24. The minimum atomic E-state index is 0.406. The molecule has 2 aromatic rings. The molecule has 0 aromatic heterocycles. The number of fused-ring (bicyclic) bond motifs is 1. The first-order valence-electron chi connectivity index (χ1n) is 8.65. The second kappa shape index (κ2) is 5.68. The highest BCUT2D eigenvalue weighted by Gasteiger charge is 2.65. The number of likely N-dealkylation sites (tertiary alicyclic amines) is 1. The lowest BCUT2D eigenvalue weighted by atomic mass is 9.91. The monoisotopic (exact) mass is 307 g/mol. The summed E-state index contributed by atoms with van der Waals surface area (Å²) in [7, 11) is 0. The zero-order valence-electron chi connectivity index (χ0n) is 14.0. The summed E-state index contributed by atoms with van der Waals surface area (Å²) in [4.78, 5) is 2.57. The van der Waals surface area contributed by atoms with Crippen LogP contribution in [0.4, 0.5) is 0 Å². The van der Waals surface area contributed by atoms with E-state index in [-0.39, 0.29) is 0 Å². The van der Waals surface area contributed by atoms with Crippen molar-refractivity contribution in [1.82, 2.24) is 4.90 Å². The van der Waals surface area contributed by atoms with Crippen molar-refractivity contribution < 1.29 is 4.74 Å². The van der Waals surface area contributed by atoms with Crippen LogP contribution in [0.15, 0.2) is 54.6 Å². The fraction of sp³-hybridized carbons (Fsp3) is 0.429. The Morgan fingerprint density at radius 3 is 2.48 bits per heavy atom. The Hall–Kier alpha value is -1.80. The molecule has 1 saturated carbocycles. The summed E-state index contributed by atoms with van der Waals surface area (Å²) in [6, 6.07) is 19.2. The van der Waals surface area contributed by atoms with Crippen LogP contribution >= 0.6 is 0 Å². The fourth-order valence-corrected chi connectivity index (χ4v) is 4.36. The Morgan fingerprint density at radius 1 is 1.04 bits per heavy atom. The van der Waals surface area contributed by atoms with Crippen LogP contribution in [0.5, 0.6) is 5.75 Å². The zero-order chi connectivity index (χ0) is 15.9. The largest absolute Gasteiger partial charge is 0.492 e. The summed E-state index contributed by atoms with van der Waals surface area (Å²) < 4.78 is 5.83. The van der Waals surface area contributed by atoms with E-state index in [0.29, 0.717) is 5.41 Å². The molecule has 2 nitrogen and oxygen atoms in total. The third-order valence-electron chi connectivity index (χ3n) is 5.89. The predicted octanol–water partition coefficient (Wildman–Crippen LogP) is 3.89. The maximum Gasteiger partial charge on any atom is 0.119 e. The van der Waals surface area contributed by atoms with E-state index in [0.717, 1.165) is 30.7 Å². The lowest BCUT2D eigenvalue weighted by Crippen LogP contribution is -2.32. The molecule has 0 radical (unpaired) electrons. The molecule has 1 saturated heterocycles. The number of rotatable bonds is 5. The molecule has 0 bridgehead atoms. The second-order valence-corrected chi connectivity index (χ2v) is 7.29. The molecule has 2 aliphatic rings. The van der Waals surface area contributed by atoms with Crippen molar-refractivity contribution in [3.63, 3.8) is 0 Å². The summed E-state index contributed by atoms with van der Waals surface area (Å²) in [5.74, 6) is 2.61. The Balaban J connectivity index is 1.30. The zero-order valence-corrected chi connectivity index (χ0v) is 14.0. The van der Waals surface area contributed by atoms with Crippen molar-refractivity contribution >= 4 is 0 Å². The first-order chi connectivity index (χ1) is 11.2. The molecule has 1 aliphatic heterocycles. The third kappa shape index (κ3) is 2.66. The van der Waals surface area contributed by atoms with Crippen LogP contribution in [0, 0.1) is 18.8 Å². The number of ether oxygens (including phenoxy) is 1. The molecule has 120 valence electrons. The molecule has 0 spiro atoms. The normalized spacial score (nSPS) is 29.3. The standard InChI is InChI=1S/C21H25NO/c1-16-7-6-8-17(13-16)21(2)19-14-22(15-20(19)21)11-12-23-18-9-4-3-5-10-18/h3-10,13,19-20H,11-12,14-15H2,1-2H3. The van der Waals surface area contributed by atoms with Gasteiger partial charge in [0.05, 0.1) is 0 Å². The van der Waals surface area contributed by atoms with Gasteiger partial charge in [-0.05, 0) is 36.5 Å². The third-order valence-corrected chi connectivity index (χ3v) is 5.89. The Morgan fingerprint density at radius 2 is 1.78 bits per heavy atom. The van der Waals surface area contributed by atoms with E-state index < -0.39 is 0 Å². The van der Waals surface area contributed by atoms with E-state index >= 15 is 0 Å². The van der Waals surface area contributed by atoms with E-state index in [4.69, 9.17) is 4.74 Å². The number of para-hydroxylation sites is 1. The molecular formula is C21H25NO. The Bertz CT molecular complexity index is 669. The number of hydrogen-bond donors (Lipinski definition) is 0. The average molecular weight is 307 g/mol. The van der Waals surface area contributed by atoms with E-state index in [1.165, 1.54) is 24.2 Å². The van der Waals surface area contributed by atoms with Gasteiger partial charge < -0.3 is 4.74 Å². The highest BCUT2D eigenvalue weighted by Crippen LogP contribution is 2.63. The first-order valence-corrected chi connectivity index (χ1v) is 8.65. The Labute approximate surface area is 139 Å². The summed E-state index contributed by atoms with van der Waals surface area (Å²) >= 11 is 0. The summed E-state index contributed by atoms with van der Waals surface area (Å²) in [6.07, 6.45) is 0. The van der Waals surface area contributed by atoms with Crippen molar-refractivity contribution in [2.24, 2.45) is 11.8 Å². The van der Waals surface area contributed by atoms with Crippen LogP contribution in [0.3, 0.4) is 0 Å². The van der Waals surface area contributed by atoms with E-state index in [1.54, 1.807) is 0 Å². The van der Waals surface area contributed by atoms with Gasteiger partial charge in [-0.15, -0.1) is 0 Å². The van der Waals surface area contributed by atoms with Gasteiger partial charge in [0.15, 0.2) is 0 Å². The fourth-order valence-electron chi connectivity index (χ4n) is 4.36. The Kier molecular flexibility index (Phi) is 3.65. The SMILES string of the molecule is Cc1cccc(C2(C)C3CN(CCOc4ccccc4)CC32)c1. The molecule has 1 heterocycles. The topological polar surface area (TPSA) is 12.5 Å². The summed E-state index contributed by atoms with van der Waals surface area (Å²) in [5, 5.41) is 0. The smallest absolute Gasteiger partial charge is 0.119 e. The van der Waals surface area contributed by atoms with Crippen molar-refractivity contribution in [3.05, 3.63) is 65.7 Å². The molecular weight excluding hydrogens is 282 g/mol. The summed E-state index contributed by atoms with van der Waals surface area (Å²) in [5.41, 5.74) is 3.32. The maximum absolute atomic E-state index is 5.83. The van der Waals surface area contributed by atoms with Crippen molar-refractivity contribution in [3.8, 4) is 5.75 Å². The number of hydrogen-bond acceptors (Lipinski definition) is 2. The lowest BCUT2D eigenvalue weighted by molar-refractivity contribution is 0.213. The van der Waals surface area contributed by atoms with Gasteiger partial charge in [0.1, 0.15) is 12.4 Å². The highest BCUT2D eigenvalue weighted by molar-refractivity contribution is 5.39. The number of benzene rings is 2. The predicted molar refractivity (Wildman–Crippen MR) is 93.9 cm³/mol. The maximum atomic E-state index is 5.83. The van der Waals surface area contributed by atoms with Crippen LogP contribution in [0.2, 0.25) is 0 Å². The highest BCUT2D eigenvalue weighted by atomic mass is 16.5. The summed E-state index contributed by atoms with van der Waals surface area (Å²) in [6.45, 7) is 8.89. The molecule has 2 atom stereocenters. The van der Waals surface area contributed by atoms with Gasteiger partial charge in [0.2, 0.25) is 0 Å². The number of piperidine rings is 1. The van der Waals surface area contributed by atoms with Crippen molar-refractivity contribution in [2.75, 3.05) is 26.2 Å². The molecule has 2 unspecified atom stereocenters. The van der Waals surface area contributed by atoms with E-state index in [1.807, 2.05) is 30.3 Å². The molecule has 4 rings (SSSR count). The minimum Gasteiger partial charge on any atom is -0.492 e. The number of aryl methyl sites for hydroxylation is 1. The molecule has 0 amide bonds. The first kappa shape index (κ1) is 14.8. The van der Waals surface area contributed by atoms with E-state index in [2.05, 4.69) is 43.0 Å². The number of nitrogens with zero attached hydrogens (tertiary/aromatic N) is 1. The molecule has 1 aliphatic carbocycles. The molecule has 2 fully saturated rings. The average Bonchev–Trinajstić information content (AvgIpc) is 2.93. The van der Waals surface area contributed by atoms with Gasteiger partial charge in [-0.3, -0.25) is 4.90 Å². The molecule has 2 heteroatoms. The second-order valence-electron chi connectivity index (χ2n) is 7.29. The van der Waals surface area contributed by atoms with Crippen LogP contribution < -0.4 is 4.74 Å². The van der Waals surface area contributed by atoms with Gasteiger partial charge in [0.25, 0.3) is 0 Å². The van der Waals surface area contributed by atoms with Crippen LogP contribution in [-0.2, 0) is 5.41 Å². The quantitative estimate of drug-likeness (QED) is 0.831. The molecule has 23 heavy (non-hydrogen) atoms. The molecule has 2 aromatic carbocycles. The van der Waals surface area contributed by atoms with Gasteiger partial charge in [-0.2, -0.15) is 0 Å². The van der Waals surface area contributed by atoms with Crippen LogP contribution in [0.25, 0.3) is 0 Å². The molecule has 0 N–H and O–H groups in total. The van der Waals surface area contributed by atoms with Gasteiger partial charge in [0, 0.05) is 25.0 Å². The van der Waals surface area contributed by atoms with E-state index in [9.17, 15) is 0 Å². The van der Waals surface area contributed by atoms with Crippen molar-refractivity contribution in [1.29, 1.82) is 0 Å².